The zero-order valence-electron chi connectivity index (χ0n) is 32.7. The van der Waals surface area contributed by atoms with Crippen molar-refractivity contribution in [1.29, 1.82) is 0 Å². The molecule has 1 amide bonds. The summed E-state index contributed by atoms with van der Waals surface area (Å²) in [5.74, 6) is 2.41. The first kappa shape index (κ1) is 47.5. The summed E-state index contributed by atoms with van der Waals surface area (Å²) in [4.78, 5) is 44.1. The van der Waals surface area contributed by atoms with Crippen LogP contribution >= 0.6 is 43.2 Å². The molecule has 0 atom stereocenters. The lowest BCUT2D eigenvalue weighted by molar-refractivity contribution is -0.141. The van der Waals surface area contributed by atoms with Crippen LogP contribution in [0.2, 0.25) is 0 Å². The van der Waals surface area contributed by atoms with Crippen molar-refractivity contribution in [2.75, 3.05) is 150 Å². The summed E-state index contributed by atoms with van der Waals surface area (Å²) in [5.41, 5.74) is 4.50. The minimum Gasteiger partial charge on any atom is -0.465 e. The Kier molecular flexibility index (Phi) is 25.2. The largest absolute Gasteiger partial charge is 0.465 e. The Hall–Kier alpha value is -2.67. The Morgan fingerprint density at radius 2 is 1.04 bits per heavy atom. The van der Waals surface area contributed by atoms with Crippen molar-refractivity contribution in [3.63, 3.8) is 0 Å². The lowest BCUT2D eigenvalue weighted by atomic mass is 10.2. The average molecular weight is 829 g/mol. The first-order chi connectivity index (χ1) is 26.0. The standard InChI is InChI=1S/C19H29N3O4S2.C12H19N3.C6H12O3S2/c1-16(23)25-12-14-27-28-15-13-26-19(24)21(3)17-4-6-18(7-5-17)22-10-8-20(2)9-11-22;1-13-11-3-5-12(6-4-11)15-9-7-14(2)8-10-15;1-6(8)9-3-5-11-10-4-2-7/h4-7H,8-15H2,1-3H3;3-6,13H,7-10H2,1-2H3;7H,2-5H2,1H3. The van der Waals surface area contributed by atoms with Crippen LogP contribution in [0.25, 0.3) is 0 Å². The number of carbonyl (C=O) groups is 3. The first-order valence-electron chi connectivity index (χ1n) is 18.1. The van der Waals surface area contributed by atoms with Gasteiger partial charge in [0.15, 0.2) is 0 Å². The number of hydrogen-bond donors (Lipinski definition) is 2. The van der Waals surface area contributed by atoms with Crippen molar-refractivity contribution in [2.24, 2.45) is 0 Å². The maximum atomic E-state index is 12.2. The first-order valence-corrected chi connectivity index (χ1v) is 23.0. The van der Waals surface area contributed by atoms with Crippen LogP contribution in [-0.4, -0.2) is 163 Å². The number of likely N-dealkylation sites (N-methyl/N-ethyl adjacent to an activating group) is 2. The molecule has 304 valence electrons. The van der Waals surface area contributed by atoms with Crippen molar-refractivity contribution >= 4 is 84.0 Å². The lowest BCUT2D eigenvalue weighted by Gasteiger charge is -2.34. The van der Waals surface area contributed by atoms with Gasteiger partial charge in [0.25, 0.3) is 0 Å². The van der Waals surface area contributed by atoms with E-state index in [0.717, 1.165) is 75.3 Å². The lowest BCUT2D eigenvalue weighted by Crippen LogP contribution is -2.44. The minimum absolute atomic E-state index is 0.200. The minimum atomic E-state index is -0.363. The predicted molar refractivity (Wildman–Crippen MR) is 232 cm³/mol. The molecule has 0 bridgehead atoms. The molecule has 2 saturated heterocycles. The number of ether oxygens (including phenoxy) is 3. The number of hydrogen-bond acceptors (Lipinski definition) is 16. The highest BCUT2D eigenvalue weighted by Gasteiger charge is 2.17. The van der Waals surface area contributed by atoms with Gasteiger partial charge in [0.05, 0.1) is 6.61 Å². The second-order valence-electron chi connectivity index (χ2n) is 12.3. The highest BCUT2D eigenvalue weighted by molar-refractivity contribution is 8.77. The van der Waals surface area contributed by atoms with E-state index in [-0.39, 0.29) is 24.6 Å². The third kappa shape index (κ3) is 20.9. The van der Waals surface area contributed by atoms with E-state index in [2.05, 4.69) is 80.1 Å². The number of amides is 1. The van der Waals surface area contributed by atoms with Gasteiger partial charge >= 0.3 is 18.0 Å². The van der Waals surface area contributed by atoms with Crippen LogP contribution in [0, 0.1) is 0 Å². The molecular weight excluding hydrogens is 769 g/mol. The molecule has 0 saturated carbocycles. The molecule has 54 heavy (non-hydrogen) atoms. The van der Waals surface area contributed by atoms with Crippen molar-refractivity contribution in [1.82, 2.24) is 9.80 Å². The summed E-state index contributed by atoms with van der Waals surface area (Å²) in [6.07, 6.45) is -0.363. The number of rotatable bonds is 17. The maximum Gasteiger partial charge on any atom is 0.414 e. The zero-order valence-corrected chi connectivity index (χ0v) is 36.0. The molecular formula is C37H60N6O7S4. The van der Waals surface area contributed by atoms with Crippen molar-refractivity contribution in [2.45, 2.75) is 13.8 Å². The van der Waals surface area contributed by atoms with E-state index in [1.807, 2.05) is 19.2 Å². The molecule has 0 radical (unpaired) electrons. The van der Waals surface area contributed by atoms with Gasteiger partial charge in [-0.1, -0.05) is 43.2 Å². The van der Waals surface area contributed by atoms with Crippen LogP contribution in [-0.2, 0) is 23.8 Å². The summed E-state index contributed by atoms with van der Waals surface area (Å²) < 4.78 is 14.8. The summed E-state index contributed by atoms with van der Waals surface area (Å²) in [7, 11) is 14.4. The molecule has 2 aliphatic heterocycles. The average Bonchev–Trinajstić information content (AvgIpc) is 3.18. The molecule has 4 rings (SSSR count). The third-order valence-electron chi connectivity index (χ3n) is 8.08. The molecule has 2 fully saturated rings. The van der Waals surface area contributed by atoms with Crippen molar-refractivity contribution < 1.29 is 33.7 Å². The number of nitrogens with zero attached hydrogens (tertiary/aromatic N) is 5. The summed E-state index contributed by atoms with van der Waals surface area (Å²) >= 11 is 0. The number of nitrogens with one attached hydrogen (secondary N) is 1. The van der Waals surface area contributed by atoms with E-state index < -0.39 is 0 Å². The maximum absolute atomic E-state index is 12.2. The van der Waals surface area contributed by atoms with E-state index >= 15 is 0 Å². The van der Waals surface area contributed by atoms with E-state index in [0.29, 0.717) is 25.6 Å². The Morgan fingerprint density at radius 3 is 1.43 bits per heavy atom. The highest BCUT2D eigenvalue weighted by atomic mass is 33.1. The number of anilines is 4. The molecule has 2 heterocycles. The molecule has 17 heteroatoms. The summed E-state index contributed by atoms with van der Waals surface area (Å²) in [6, 6.07) is 16.7. The number of esters is 2. The number of benzene rings is 2. The fourth-order valence-electron chi connectivity index (χ4n) is 4.93. The second kappa shape index (κ2) is 28.7. The normalized spacial score (nSPS) is 14.5. The topological polar surface area (TPSA) is 127 Å². The molecule has 0 aliphatic carbocycles. The van der Waals surface area contributed by atoms with Crippen LogP contribution in [0.4, 0.5) is 27.5 Å². The smallest absolute Gasteiger partial charge is 0.414 e. The van der Waals surface area contributed by atoms with E-state index in [9.17, 15) is 14.4 Å². The van der Waals surface area contributed by atoms with E-state index in [1.165, 1.54) is 35.8 Å². The number of piperazine rings is 2. The molecule has 0 unspecified atom stereocenters. The SMILES string of the molecule is CC(=O)OCCSSCCO.CC(=O)OCCSSCCOC(=O)N(C)c1ccc(N2CCN(C)CC2)cc1.CNc1ccc(N2CCN(C)CC2)cc1. The molecule has 0 spiro atoms. The van der Waals surface area contributed by atoms with Crippen molar-refractivity contribution in [3.8, 4) is 0 Å². The van der Waals surface area contributed by atoms with Gasteiger partial charge in [-0.2, -0.15) is 0 Å². The molecule has 0 aromatic heterocycles. The van der Waals surface area contributed by atoms with E-state index in [4.69, 9.17) is 14.6 Å². The van der Waals surface area contributed by atoms with Crippen LogP contribution < -0.4 is 20.0 Å². The van der Waals surface area contributed by atoms with Gasteiger partial charge < -0.3 is 44.2 Å². The van der Waals surface area contributed by atoms with Crippen molar-refractivity contribution in [3.05, 3.63) is 48.5 Å². The second-order valence-corrected chi connectivity index (χ2v) is 17.7. The van der Waals surface area contributed by atoms with E-state index in [1.54, 1.807) is 50.2 Å². The van der Waals surface area contributed by atoms with Crippen LogP contribution in [0.1, 0.15) is 13.8 Å². The quantitative estimate of drug-likeness (QED) is 0.0919. The van der Waals surface area contributed by atoms with Gasteiger partial charge in [-0.3, -0.25) is 14.5 Å². The summed E-state index contributed by atoms with van der Waals surface area (Å²) in [6.45, 7) is 12.9. The zero-order chi connectivity index (χ0) is 39.6. The van der Waals surface area contributed by atoms with Gasteiger partial charge in [-0.25, -0.2) is 4.79 Å². The van der Waals surface area contributed by atoms with Gasteiger partial charge in [0.2, 0.25) is 0 Å². The van der Waals surface area contributed by atoms with Gasteiger partial charge in [0, 0.05) is 126 Å². The molecule has 2 aromatic rings. The van der Waals surface area contributed by atoms with Gasteiger partial charge in [-0.05, 0) is 62.6 Å². The molecule has 2 aromatic carbocycles. The Bertz CT molecular complexity index is 1320. The number of aliphatic hydroxyl groups excluding tert-OH is 1. The Morgan fingerprint density at radius 1 is 0.648 bits per heavy atom. The molecule has 2 aliphatic rings. The molecule has 13 nitrogen and oxygen atoms in total. The number of aliphatic hydroxyl groups is 1. The highest BCUT2D eigenvalue weighted by Crippen LogP contribution is 2.23. The van der Waals surface area contributed by atoms with Crippen LogP contribution in [0.5, 0.6) is 0 Å². The predicted octanol–water partition coefficient (Wildman–Crippen LogP) is 5.36. The monoisotopic (exact) mass is 828 g/mol. The van der Waals surface area contributed by atoms with Crippen LogP contribution in [0.3, 0.4) is 0 Å². The fourth-order valence-corrected chi connectivity index (χ4v) is 8.18. The third-order valence-corrected chi connectivity index (χ3v) is 12.8. The van der Waals surface area contributed by atoms with Crippen LogP contribution in [0.15, 0.2) is 48.5 Å². The van der Waals surface area contributed by atoms with Gasteiger partial charge in [0.1, 0.15) is 19.8 Å². The summed E-state index contributed by atoms with van der Waals surface area (Å²) in [5, 5.41) is 11.5. The fraction of sp³-hybridized carbons (Fsp3) is 0.595. The Labute approximate surface area is 338 Å². The number of carbonyl (C=O) groups excluding carboxylic acids is 3. The van der Waals surface area contributed by atoms with Gasteiger partial charge in [-0.15, -0.1) is 0 Å². The Balaban J connectivity index is 0.000000322. The molecule has 2 N–H and O–H groups in total.